The van der Waals surface area contributed by atoms with Gasteiger partial charge in [-0.25, -0.2) is 0 Å². The Kier molecular flexibility index (Phi) is 2.79. The standard InChI is InChI=1S/C12H11ClN2O/c1-7-5-12(15-14-7)9-3-4-10(8(2)16)11(13)6-9/h3-6H,1-2H3,(H,14,15). The van der Waals surface area contributed by atoms with E-state index in [4.69, 9.17) is 11.6 Å². The Hall–Kier alpha value is -1.61. The number of halogens is 1. The van der Waals surface area contributed by atoms with Crippen molar-refractivity contribution in [3.63, 3.8) is 0 Å². The number of aromatic nitrogens is 2. The highest BCUT2D eigenvalue weighted by atomic mass is 35.5. The van der Waals surface area contributed by atoms with Crippen molar-refractivity contribution in [1.29, 1.82) is 0 Å². The average Bonchev–Trinajstić information content (AvgIpc) is 2.64. The van der Waals surface area contributed by atoms with Crippen molar-refractivity contribution in [1.82, 2.24) is 10.2 Å². The molecular weight excluding hydrogens is 224 g/mol. The first kappa shape index (κ1) is 10.9. The van der Waals surface area contributed by atoms with Crippen LogP contribution in [0.5, 0.6) is 0 Å². The number of nitrogens with zero attached hydrogens (tertiary/aromatic N) is 1. The average molecular weight is 235 g/mol. The highest BCUT2D eigenvalue weighted by Gasteiger charge is 2.08. The van der Waals surface area contributed by atoms with Gasteiger partial charge in [-0.1, -0.05) is 17.7 Å². The Morgan fingerprint density at radius 1 is 1.38 bits per heavy atom. The predicted molar refractivity (Wildman–Crippen MR) is 63.8 cm³/mol. The molecule has 2 rings (SSSR count). The van der Waals surface area contributed by atoms with E-state index in [0.717, 1.165) is 17.0 Å². The lowest BCUT2D eigenvalue weighted by molar-refractivity contribution is 0.101. The van der Waals surface area contributed by atoms with Gasteiger partial charge in [-0.15, -0.1) is 0 Å². The molecule has 1 aromatic heterocycles. The van der Waals surface area contributed by atoms with Crippen LogP contribution in [0.2, 0.25) is 5.02 Å². The second-order valence-corrected chi connectivity index (χ2v) is 4.09. The summed E-state index contributed by atoms with van der Waals surface area (Å²) in [7, 11) is 0. The number of aromatic amines is 1. The van der Waals surface area contributed by atoms with E-state index < -0.39 is 0 Å². The van der Waals surface area contributed by atoms with Gasteiger partial charge < -0.3 is 0 Å². The first-order valence-electron chi connectivity index (χ1n) is 4.91. The molecule has 0 aliphatic carbocycles. The fourth-order valence-electron chi connectivity index (χ4n) is 1.53. The number of ketones is 1. The Morgan fingerprint density at radius 2 is 2.12 bits per heavy atom. The molecule has 0 aliphatic heterocycles. The van der Waals surface area contributed by atoms with Crippen LogP contribution in [0.15, 0.2) is 24.3 Å². The van der Waals surface area contributed by atoms with E-state index >= 15 is 0 Å². The fraction of sp³-hybridized carbons (Fsp3) is 0.167. The molecule has 1 N–H and O–H groups in total. The molecule has 0 saturated carbocycles. The summed E-state index contributed by atoms with van der Waals surface area (Å²) in [6.45, 7) is 3.43. The topological polar surface area (TPSA) is 45.8 Å². The van der Waals surface area contributed by atoms with E-state index in [9.17, 15) is 4.79 Å². The van der Waals surface area contributed by atoms with Crippen LogP contribution in [-0.2, 0) is 0 Å². The van der Waals surface area contributed by atoms with Gasteiger partial charge in [0.2, 0.25) is 0 Å². The number of H-pyrrole nitrogens is 1. The molecule has 0 atom stereocenters. The number of aryl methyl sites for hydroxylation is 1. The van der Waals surface area contributed by atoms with Gasteiger partial charge in [0.15, 0.2) is 5.78 Å². The van der Waals surface area contributed by atoms with Crippen LogP contribution in [0, 0.1) is 6.92 Å². The van der Waals surface area contributed by atoms with Crippen LogP contribution < -0.4 is 0 Å². The first-order chi connectivity index (χ1) is 7.58. The third kappa shape index (κ3) is 1.99. The van der Waals surface area contributed by atoms with Gasteiger partial charge in [0.05, 0.1) is 10.7 Å². The Balaban J connectivity index is 2.45. The molecule has 0 amide bonds. The Bertz CT molecular complexity index is 546. The molecule has 1 aromatic carbocycles. The maximum absolute atomic E-state index is 11.2. The van der Waals surface area contributed by atoms with Crippen molar-refractivity contribution in [2.75, 3.05) is 0 Å². The monoisotopic (exact) mass is 234 g/mol. The lowest BCUT2D eigenvalue weighted by Gasteiger charge is -2.02. The fourth-order valence-corrected chi connectivity index (χ4v) is 1.84. The molecule has 2 aromatic rings. The SMILES string of the molecule is CC(=O)c1ccc(-c2cc(C)[nH]n2)cc1Cl. The Morgan fingerprint density at radius 3 is 2.62 bits per heavy atom. The summed E-state index contributed by atoms with van der Waals surface area (Å²) < 4.78 is 0. The molecule has 0 spiro atoms. The van der Waals surface area contributed by atoms with Crippen LogP contribution in [-0.4, -0.2) is 16.0 Å². The summed E-state index contributed by atoms with van der Waals surface area (Å²) in [6, 6.07) is 7.26. The number of rotatable bonds is 2. The lowest BCUT2D eigenvalue weighted by atomic mass is 10.1. The lowest BCUT2D eigenvalue weighted by Crippen LogP contribution is -1.93. The molecule has 0 bridgehead atoms. The van der Waals surface area contributed by atoms with E-state index in [1.165, 1.54) is 6.92 Å². The number of Topliss-reactive ketones (excluding diaryl/α,β-unsaturated/α-hetero) is 1. The number of carbonyl (C=O) groups excluding carboxylic acids is 1. The molecule has 3 nitrogen and oxygen atoms in total. The summed E-state index contributed by atoms with van der Waals surface area (Å²) in [5, 5.41) is 7.46. The van der Waals surface area contributed by atoms with Crippen LogP contribution in [0.4, 0.5) is 0 Å². The number of hydrogen-bond acceptors (Lipinski definition) is 2. The van der Waals surface area contributed by atoms with Crippen LogP contribution in [0.1, 0.15) is 23.0 Å². The smallest absolute Gasteiger partial charge is 0.161 e. The van der Waals surface area contributed by atoms with Gasteiger partial charge in [-0.05, 0) is 32.0 Å². The highest BCUT2D eigenvalue weighted by molar-refractivity contribution is 6.34. The summed E-state index contributed by atoms with van der Waals surface area (Å²) >= 11 is 6.02. The Labute approximate surface area is 98.4 Å². The van der Waals surface area contributed by atoms with E-state index in [1.807, 2.05) is 19.1 Å². The quantitative estimate of drug-likeness (QED) is 0.811. The second-order valence-electron chi connectivity index (χ2n) is 3.69. The number of carbonyl (C=O) groups is 1. The normalized spacial score (nSPS) is 10.4. The molecule has 82 valence electrons. The minimum absolute atomic E-state index is 0.0326. The zero-order valence-electron chi connectivity index (χ0n) is 9.04. The molecule has 1 heterocycles. The molecule has 0 fully saturated rings. The van der Waals surface area contributed by atoms with Crippen LogP contribution >= 0.6 is 11.6 Å². The van der Waals surface area contributed by atoms with Gasteiger partial charge in [-0.3, -0.25) is 9.89 Å². The maximum atomic E-state index is 11.2. The van der Waals surface area contributed by atoms with E-state index in [1.54, 1.807) is 12.1 Å². The zero-order valence-corrected chi connectivity index (χ0v) is 9.80. The summed E-state index contributed by atoms with van der Waals surface area (Å²) in [6.07, 6.45) is 0. The van der Waals surface area contributed by atoms with Crippen LogP contribution in [0.25, 0.3) is 11.3 Å². The van der Waals surface area contributed by atoms with Crippen molar-refractivity contribution in [3.8, 4) is 11.3 Å². The van der Waals surface area contributed by atoms with Gasteiger partial charge >= 0.3 is 0 Å². The van der Waals surface area contributed by atoms with E-state index in [0.29, 0.717) is 10.6 Å². The first-order valence-corrected chi connectivity index (χ1v) is 5.28. The number of nitrogens with one attached hydrogen (secondary N) is 1. The van der Waals surface area contributed by atoms with Crippen molar-refractivity contribution in [3.05, 3.63) is 40.5 Å². The molecule has 4 heteroatoms. The number of benzene rings is 1. The largest absolute Gasteiger partial charge is 0.294 e. The minimum Gasteiger partial charge on any atom is -0.294 e. The molecular formula is C12H11ClN2O. The highest BCUT2D eigenvalue weighted by Crippen LogP contribution is 2.24. The third-order valence-corrected chi connectivity index (χ3v) is 2.66. The number of hydrogen-bond donors (Lipinski definition) is 1. The van der Waals surface area contributed by atoms with Crippen molar-refractivity contribution in [2.24, 2.45) is 0 Å². The van der Waals surface area contributed by atoms with Crippen molar-refractivity contribution in [2.45, 2.75) is 13.8 Å². The summed E-state index contributed by atoms with van der Waals surface area (Å²) in [5.74, 6) is -0.0326. The van der Waals surface area contributed by atoms with Crippen molar-refractivity contribution < 1.29 is 4.79 Å². The molecule has 0 saturated heterocycles. The molecule has 16 heavy (non-hydrogen) atoms. The van der Waals surface area contributed by atoms with Gasteiger partial charge in [0.25, 0.3) is 0 Å². The predicted octanol–water partition coefficient (Wildman–Crippen LogP) is 3.24. The van der Waals surface area contributed by atoms with Crippen molar-refractivity contribution >= 4 is 17.4 Å². The van der Waals surface area contributed by atoms with Crippen LogP contribution in [0.3, 0.4) is 0 Å². The van der Waals surface area contributed by atoms with Gasteiger partial charge in [0.1, 0.15) is 0 Å². The second kappa shape index (κ2) is 4.10. The summed E-state index contributed by atoms with van der Waals surface area (Å²) in [4.78, 5) is 11.2. The van der Waals surface area contributed by atoms with E-state index in [-0.39, 0.29) is 5.78 Å². The summed E-state index contributed by atoms with van der Waals surface area (Å²) in [5.41, 5.74) is 3.26. The minimum atomic E-state index is -0.0326. The molecule has 0 aliphatic rings. The maximum Gasteiger partial charge on any atom is 0.161 e. The van der Waals surface area contributed by atoms with E-state index in [2.05, 4.69) is 10.2 Å². The third-order valence-electron chi connectivity index (χ3n) is 2.35. The zero-order chi connectivity index (χ0) is 11.7. The van der Waals surface area contributed by atoms with Gasteiger partial charge in [0, 0.05) is 16.8 Å². The molecule has 0 unspecified atom stereocenters. The molecule has 0 radical (unpaired) electrons. The van der Waals surface area contributed by atoms with Gasteiger partial charge in [-0.2, -0.15) is 5.10 Å².